The molecule has 116 valence electrons. The molecule has 0 bridgehead atoms. The average molecular weight is 290 g/mol. The third-order valence-corrected chi connectivity index (χ3v) is 3.31. The Kier molecular flexibility index (Phi) is 4.10. The van der Waals surface area contributed by atoms with Gasteiger partial charge in [-0.3, -0.25) is 0 Å². The normalized spacial score (nSPS) is 36.8. The summed E-state index contributed by atoms with van der Waals surface area (Å²) < 4.78 is 27.1. The van der Waals surface area contributed by atoms with Gasteiger partial charge in [0.15, 0.2) is 17.7 Å². The minimum atomic E-state index is -1.43. The van der Waals surface area contributed by atoms with Crippen LogP contribution in [0.2, 0.25) is 0 Å². The van der Waals surface area contributed by atoms with E-state index < -0.39 is 42.0 Å². The fourth-order valence-corrected chi connectivity index (χ4v) is 2.48. The highest BCUT2D eigenvalue weighted by Crippen LogP contribution is 2.36. The summed E-state index contributed by atoms with van der Waals surface area (Å²) in [6.07, 6.45) is -3.32. The molecule has 0 spiro atoms. The van der Waals surface area contributed by atoms with Crippen molar-refractivity contribution in [2.45, 2.75) is 63.7 Å². The Labute approximate surface area is 118 Å². The Hall–Kier alpha value is -0.730. The maximum absolute atomic E-state index is 11.5. The number of aliphatic hydroxyl groups is 1. The molecule has 1 N–H and O–H groups in total. The van der Waals surface area contributed by atoms with Gasteiger partial charge in [0.2, 0.25) is 0 Å². The molecule has 2 aliphatic rings. The van der Waals surface area contributed by atoms with Crippen molar-refractivity contribution in [2.75, 3.05) is 13.7 Å². The van der Waals surface area contributed by atoms with Gasteiger partial charge in [0.1, 0.15) is 18.3 Å². The van der Waals surface area contributed by atoms with Crippen molar-refractivity contribution < 1.29 is 33.6 Å². The van der Waals surface area contributed by atoms with Gasteiger partial charge < -0.3 is 28.8 Å². The monoisotopic (exact) mass is 290 g/mol. The van der Waals surface area contributed by atoms with Crippen molar-refractivity contribution >= 4 is 5.97 Å². The maximum atomic E-state index is 11.5. The summed E-state index contributed by atoms with van der Waals surface area (Å²) in [6.45, 7) is 7.32. The summed E-state index contributed by atoms with van der Waals surface area (Å²) in [4.78, 5) is 11.5. The lowest BCUT2D eigenvalue weighted by Gasteiger charge is -2.25. The van der Waals surface area contributed by atoms with Crippen LogP contribution in [-0.2, 0) is 28.5 Å². The van der Waals surface area contributed by atoms with E-state index in [4.69, 9.17) is 18.9 Å². The van der Waals surface area contributed by atoms with Crippen LogP contribution in [0.25, 0.3) is 0 Å². The number of aliphatic hydroxyl groups excluding tert-OH is 1. The van der Waals surface area contributed by atoms with Gasteiger partial charge in [-0.1, -0.05) is 0 Å². The highest BCUT2D eigenvalue weighted by molar-refractivity contribution is 5.75. The second kappa shape index (κ2) is 5.23. The summed E-state index contributed by atoms with van der Waals surface area (Å²) >= 11 is 0. The van der Waals surface area contributed by atoms with E-state index in [0.29, 0.717) is 6.61 Å². The second-order valence-corrected chi connectivity index (χ2v) is 5.90. The molecule has 4 atom stereocenters. The van der Waals surface area contributed by atoms with E-state index in [2.05, 4.69) is 4.74 Å². The number of carbonyl (C=O) groups excluding carboxylic acids is 1. The van der Waals surface area contributed by atoms with E-state index in [9.17, 15) is 9.90 Å². The van der Waals surface area contributed by atoms with Crippen LogP contribution in [0.15, 0.2) is 0 Å². The lowest BCUT2D eigenvalue weighted by molar-refractivity contribution is -0.176. The third-order valence-electron chi connectivity index (χ3n) is 3.31. The van der Waals surface area contributed by atoms with Crippen molar-refractivity contribution in [3.63, 3.8) is 0 Å². The maximum Gasteiger partial charge on any atom is 0.337 e. The SMILES string of the molecule is COC(=O)C(O)C1OC(C)(C)OC1[C@H]1COC(C)(C)O1. The van der Waals surface area contributed by atoms with Gasteiger partial charge in [0, 0.05) is 0 Å². The Morgan fingerprint density at radius 2 is 1.85 bits per heavy atom. The summed E-state index contributed by atoms with van der Waals surface area (Å²) in [7, 11) is 1.21. The second-order valence-electron chi connectivity index (χ2n) is 5.90. The van der Waals surface area contributed by atoms with Crippen LogP contribution in [0.3, 0.4) is 0 Å². The van der Waals surface area contributed by atoms with E-state index in [1.807, 2.05) is 0 Å². The summed E-state index contributed by atoms with van der Waals surface area (Å²) in [6, 6.07) is 0. The quantitative estimate of drug-likeness (QED) is 0.743. The van der Waals surface area contributed by atoms with Crippen molar-refractivity contribution in [2.24, 2.45) is 0 Å². The van der Waals surface area contributed by atoms with Crippen molar-refractivity contribution in [1.29, 1.82) is 0 Å². The Balaban J connectivity index is 2.14. The average Bonchev–Trinajstić information content (AvgIpc) is 2.86. The topological polar surface area (TPSA) is 83.5 Å². The van der Waals surface area contributed by atoms with Crippen LogP contribution in [0.1, 0.15) is 27.7 Å². The van der Waals surface area contributed by atoms with Crippen LogP contribution in [0, 0.1) is 0 Å². The first-order chi connectivity index (χ1) is 9.15. The molecule has 2 aliphatic heterocycles. The number of ether oxygens (including phenoxy) is 5. The van der Waals surface area contributed by atoms with E-state index in [1.165, 1.54) is 7.11 Å². The minimum Gasteiger partial charge on any atom is -0.467 e. The van der Waals surface area contributed by atoms with Gasteiger partial charge in [-0.05, 0) is 27.7 Å². The number of rotatable bonds is 3. The summed E-state index contributed by atoms with van der Waals surface area (Å²) in [5.74, 6) is -2.40. The Morgan fingerprint density at radius 3 is 2.35 bits per heavy atom. The van der Waals surface area contributed by atoms with Crippen molar-refractivity contribution in [1.82, 2.24) is 0 Å². The molecule has 2 rings (SSSR count). The molecule has 2 saturated heterocycles. The molecule has 0 saturated carbocycles. The van der Waals surface area contributed by atoms with Crippen LogP contribution in [0.5, 0.6) is 0 Å². The molecule has 0 aliphatic carbocycles. The van der Waals surface area contributed by atoms with Gasteiger partial charge in [-0.15, -0.1) is 0 Å². The summed E-state index contributed by atoms with van der Waals surface area (Å²) in [5.41, 5.74) is 0. The number of hydrogen-bond donors (Lipinski definition) is 1. The molecule has 0 aromatic rings. The highest BCUT2D eigenvalue weighted by Gasteiger charge is 2.53. The Bertz CT molecular complexity index is 379. The molecule has 2 heterocycles. The molecule has 7 heteroatoms. The largest absolute Gasteiger partial charge is 0.467 e. The molecule has 0 aromatic heterocycles. The third kappa shape index (κ3) is 3.12. The molecule has 0 radical (unpaired) electrons. The van der Waals surface area contributed by atoms with E-state index in [1.54, 1.807) is 27.7 Å². The van der Waals surface area contributed by atoms with Gasteiger partial charge in [0.05, 0.1) is 13.7 Å². The molecular formula is C13H22O7. The van der Waals surface area contributed by atoms with Gasteiger partial charge >= 0.3 is 5.97 Å². The minimum absolute atomic E-state index is 0.307. The van der Waals surface area contributed by atoms with Crippen LogP contribution in [0.4, 0.5) is 0 Å². The molecular weight excluding hydrogens is 268 g/mol. The first-order valence-electron chi connectivity index (χ1n) is 6.58. The fraction of sp³-hybridized carbons (Fsp3) is 0.923. The van der Waals surface area contributed by atoms with Crippen LogP contribution >= 0.6 is 0 Å². The zero-order chi connectivity index (χ0) is 15.1. The molecule has 0 amide bonds. The van der Waals surface area contributed by atoms with E-state index >= 15 is 0 Å². The predicted octanol–water partition coefficient (Wildman–Crippen LogP) is 0.192. The standard InChI is InChI=1S/C13H22O7/c1-12(2)17-6-7(18-12)9-10(8(14)11(15)16-5)20-13(3,4)19-9/h7-10,14H,6H2,1-5H3/t7-,8?,9?,10?/m1/s1. The lowest BCUT2D eigenvalue weighted by atomic mass is 10.0. The Morgan fingerprint density at radius 1 is 1.20 bits per heavy atom. The van der Waals surface area contributed by atoms with Gasteiger partial charge in [-0.25, -0.2) is 4.79 Å². The molecule has 2 fully saturated rings. The molecule has 0 aromatic carbocycles. The zero-order valence-electron chi connectivity index (χ0n) is 12.4. The van der Waals surface area contributed by atoms with E-state index in [-0.39, 0.29) is 0 Å². The van der Waals surface area contributed by atoms with Gasteiger partial charge in [-0.2, -0.15) is 0 Å². The number of carbonyl (C=O) groups is 1. The molecule has 20 heavy (non-hydrogen) atoms. The zero-order valence-corrected chi connectivity index (χ0v) is 12.4. The van der Waals surface area contributed by atoms with Crippen LogP contribution in [-0.4, -0.2) is 60.8 Å². The van der Waals surface area contributed by atoms with Crippen LogP contribution < -0.4 is 0 Å². The number of methoxy groups -OCH3 is 1. The smallest absolute Gasteiger partial charge is 0.337 e. The number of hydrogen-bond acceptors (Lipinski definition) is 7. The van der Waals surface area contributed by atoms with Crippen molar-refractivity contribution in [3.05, 3.63) is 0 Å². The summed E-state index contributed by atoms with van der Waals surface area (Å²) in [5, 5.41) is 10.0. The predicted molar refractivity (Wildman–Crippen MR) is 66.8 cm³/mol. The van der Waals surface area contributed by atoms with Crippen molar-refractivity contribution in [3.8, 4) is 0 Å². The lowest BCUT2D eigenvalue weighted by Crippen LogP contribution is -2.47. The highest BCUT2D eigenvalue weighted by atomic mass is 16.8. The molecule has 7 nitrogen and oxygen atoms in total. The first kappa shape index (κ1) is 15.7. The fourth-order valence-electron chi connectivity index (χ4n) is 2.48. The van der Waals surface area contributed by atoms with Gasteiger partial charge in [0.25, 0.3) is 0 Å². The van der Waals surface area contributed by atoms with E-state index in [0.717, 1.165) is 0 Å². The first-order valence-corrected chi connectivity index (χ1v) is 6.58. The number of esters is 1. The molecule has 3 unspecified atom stereocenters.